The molecule has 1 N–H and O–H groups in total. The Kier molecular flexibility index (Phi) is 6.07. The molecule has 168 valence electrons. The van der Waals surface area contributed by atoms with Crippen molar-refractivity contribution in [2.24, 2.45) is 0 Å². The Balaban J connectivity index is 1.23. The first-order valence-corrected chi connectivity index (χ1v) is 11.6. The van der Waals surface area contributed by atoms with Crippen LogP contribution in [0.1, 0.15) is 16.1 Å². The monoisotopic (exact) mass is 506 g/mol. The molecule has 33 heavy (non-hydrogen) atoms. The second-order valence-corrected chi connectivity index (χ2v) is 8.84. The Morgan fingerprint density at radius 2 is 1.70 bits per heavy atom. The summed E-state index contributed by atoms with van der Waals surface area (Å²) in [6.07, 6.45) is 0. The van der Waals surface area contributed by atoms with Gasteiger partial charge in [-0.05, 0) is 57.9 Å². The molecule has 0 unspecified atom stereocenters. The number of carboxylic acids is 1. The number of carboxylic acid groups (broad SMARTS) is 1. The van der Waals surface area contributed by atoms with E-state index in [0.717, 1.165) is 59.8 Å². The van der Waals surface area contributed by atoms with Gasteiger partial charge in [0.1, 0.15) is 17.1 Å². The molecule has 3 aromatic carbocycles. The van der Waals surface area contributed by atoms with Crippen LogP contribution in [0, 0.1) is 0 Å². The van der Waals surface area contributed by atoms with E-state index in [0.29, 0.717) is 5.58 Å². The van der Waals surface area contributed by atoms with Crippen LogP contribution in [0.25, 0.3) is 11.0 Å². The first kappa shape index (κ1) is 21.6. The maximum absolute atomic E-state index is 11.2. The molecule has 6 nitrogen and oxygen atoms in total. The normalized spacial score (nSPS) is 14.5. The van der Waals surface area contributed by atoms with E-state index in [2.05, 4.69) is 37.9 Å². The van der Waals surface area contributed by atoms with Crippen molar-refractivity contribution in [1.82, 2.24) is 4.90 Å². The van der Waals surface area contributed by atoms with E-state index in [1.807, 2.05) is 54.6 Å². The second-order valence-electron chi connectivity index (χ2n) is 8.05. The van der Waals surface area contributed by atoms with Gasteiger partial charge in [0.05, 0.1) is 10.2 Å². The van der Waals surface area contributed by atoms with Crippen LogP contribution in [-0.2, 0) is 6.54 Å². The molecule has 2 heterocycles. The van der Waals surface area contributed by atoms with E-state index < -0.39 is 5.97 Å². The van der Waals surface area contributed by atoms with Gasteiger partial charge in [-0.1, -0.05) is 30.3 Å². The van der Waals surface area contributed by atoms with E-state index in [1.165, 1.54) is 5.56 Å². The topological polar surface area (TPSA) is 66.2 Å². The molecule has 5 rings (SSSR count). The number of para-hydroxylation sites is 1. The highest BCUT2D eigenvalue weighted by Crippen LogP contribution is 2.36. The molecule has 1 fully saturated rings. The standard InChI is InChI=1S/C26H23BrN2O4/c27-25-21-16-24(26(30)31)33-23(21)10-9-22(25)29-13-11-28(12-14-29)17-18-5-4-8-20(15-18)32-19-6-2-1-3-7-19/h1-10,15-16H,11-14,17H2,(H,30,31). The van der Waals surface area contributed by atoms with Gasteiger partial charge in [0.15, 0.2) is 0 Å². The smallest absolute Gasteiger partial charge is 0.371 e. The Labute approximate surface area is 200 Å². The van der Waals surface area contributed by atoms with E-state index in [9.17, 15) is 9.90 Å². The molecule has 1 aliphatic rings. The van der Waals surface area contributed by atoms with Crippen molar-refractivity contribution in [3.8, 4) is 11.5 Å². The lowest BCUT2D eigenvalue weighted by Gasteiger charge is -2.36. The average Bonchev–Trinajstić information content (AvgIpc) is 3.27. The summed E-state index contributed by atoms with van der Waals surface area (Å²) < 4.78 is 12.3. The molecule has 0 spiro atoms. The lowest BCUT2D eigenvalue weighted by Crippen LogP contribution is -2.46. The molecule has 0 amide bonds. The first-order valence-electron chi connectivity index (χ1n) is 10.8. The number of ether oxygens (including phenoxy) is 1. The van der Waals surface area contributed by atoms with Gasteiger partial charge >= 0.3 is 5.97 Å². The van der Waals surface area contributed by atoms with Crippen LogP contribution < -0.4 is 9.64 Å². The van der Waals surface area contributed by atoms with Crippen LogP contribution >= 0.6 is 15.9 Å². The van der Waals surface area contributed by atoms with Crippen molar-refractivity contribution in [3.05, 3.63) is 88.6 Å². The van der Waals surface area contributed by atoms with Crippen LogP contribution in [0.3, 0.4) is 0 Å². The molecule has 0 aliphatic carbocycles. The van der Waals surface area contributed by atoms with Gasteiger partial charge in [0, 0.05) is 44.2 Å². The SMILES string of the molecule is O=C(O)c1cc2c(Br)c(N3CCN(Cc4cccc(Oc5ccccc5)c4)CC3)ccc2o1. The third kappa shape index (κ3) is 4.74. The second kappa shape index (κ2) is 9.29. The Hall–Kier alpha value is -3.29. The highest BCUT2D eigenvalue weighted by atomic mass is 79.9. The fraction of sp³-hybridized carbons (Fsp3) is 0.192. The molecule has 0 saturated carbocycles. The summed E-state index contributed by atoms with van der Waals surface area (Å²) in [7, 11) is 0. The molecule has 1 saturated heterocycles. The fourth-order valence-electron chi connectivity index (χ4n) is 4.15. The largest absolute Gasteiger partial charge is 0.475 e. The number of piperazine rings is 1. The van der Waals surface area contributed by atoms with Crippen LogP contribution in [0.5, 0.6) is 11.5 Å². The van der Waals surface area contributed by atoms with Crippen LogP contribution in [0.2, 0.25) is 0 Å². The van der Waals surface area contributed by atoms with Crippen molar-refractivity contribution < 1.29 is 19.1 Å². The van der Waals surface area contributed by atoms with Gasteiger partial charge in [0.25, 0.3) is 0 Å². The van der Waals surface area contributed by atoms with Crippen molar-refractivity contribution >= 4 is 38.6 Å². The molecule has 0 bridgehead atoms. The minimum atomic E-state index is -1.06. The molecular formula is C26H23BrN2O4. The van der Waals surface area contributed by atoms with Crippen molar-refractivity contribution in [2.75, 3.05) is 31.1 Å². The van der Waals surface area contributed by atoms with Crippen LogP contribution in [0.4, 0.5) is 5.69 Å². The predicted molar refractivity (Wildman–Crippen MR) is 131 cm³/mol. The zero-order valence-electron chi connectivity index (χ0n) is 17.9. The summed E-state index contributed by atoms with van der Waals surface area (Å²) in [5, 5.41) is 9.98. The number of rotatable bonds is 6. The van der Waals surface area contributed by atoms with E-state index in [1.54, 1.807) is 6.07 Å². The van der Waals surface area contributed by atoms with Crippen LogP contribution in [-0.4, -0.2) is 42.2 Å². The maximum atomic E-state index is 11.2. The lowest BCUT2D eigenvalue weighted by atomic mass is 10.1. The number of carbonyl (C=O) groups is 1. The lowest BCUT2D eigenvalue weighted by molar-refractivity contribution is 0.0665. The molecule has 0 radical (unpaired) electrons. The Morgan fingerprint density at radius 3 is 2.45 bits per heavy atom. The summed E-state index contributed by atoms with van der Waals surface area (Å²) in [5.74, 6) is 0.562. The van der Waals surface area contributed by atoms with Gasteiger partial charge in [-0.2, -0.15) is 0 Å². The zero-order valence-corrected chi connectivity index (χ0v) is 19.5. The summed E-state index contributed by atoms with van der Waals surface area (Å²) >= 11 is 3.66. The number of anilines is 1. The maximum Gasteiger partial charge on any atom is 0.371 e. The van der Waals surface area contributed by atoms with Gasteiger partial charge in [-0.15, -0.1) is 0 Å². The van der Waals surface area contributed by atoms with E-state index >= 15 is 0 Å². The van der Waals surface area contributed by atoms with Crippen molar-refractivity contribution in [3.63, 3.8) is 0 Å². The van der Waals surface area contributed by atoms with Crippen molar-refractivity contribution in [1.29, 1.82) is 0 Å². The number of benzene rings is 3. The van der Waals surface area contributed by atoms with Gasteiger partial charge in [-0.25, -0.2) is 4.79 Å². The quantitative estimate of drug-likeness (QED) is 0.345. The van der Waals surface area contributed by atoms with E-state index in [-0.39, 0.29) is 5.76 Å². The number of hydrogen-bond donors (Lipinski definition) is 1. The third-order valence-corrected chi connectivity index (χ3v) is 6.66. The Bertz CT molecular complexity index is 1280. The van der Waals surface area contributed by atoms with Crippen LogP contribution in [0.15, 0.2) is 81.7 Å². The highest BCUT2D eigenvalue weighted by Gasteiger charge is 2.21. The third-order valence-electron chi connectivity index (χ3n) is 5.82. The van der Waals surface area contributed by atoms with Gasteiger partial charge < -0.3 is 19.2 Å². The zero-order chi connectivity index (χ0) is 22.8. The minimum absolute atomic E-state index is 0.0499. The fourth-order valence-corrected chi connectivity index (χ4v) is 4.85. The molecule has 1 aromatic heterocycles. The molecule has 0 atom stereocenters. The summed E-state index contributed by atoms with van der Waals surface area (Å²) in [6.45, 7) is 4.49. The number of aromatic carboxylic acids is 1. The first-order chi connectivity index (χ1) is 16.1. The molecule has 4 aromatic rings. The number of halogens is 1. The highest BCUT2D eigenvalue weighted by molar-refractivity contribution is 9.10. The van der Waals surface area contributed by atoms with Gasteiger partial charge in [-0.3, -0.25) is 4.90 Å². The summed E-state index contributed by atoms with van der Waals surface area (Å²) in [5.41, 5.74) is 2.84. The molecule has 7 heteroatoms. The summed E-state index contributed by atoms with van der Waals surface area (Å²) in [6, 6.07) is 23.5. The minimum Gasteiger partial charge on any atom is -0.475 e. The van der Waals surface area contributed by atoms with Gasteiger partial charge in [0.2, 0.25) is 5.76 Å². The summed E-state index contributed by atoms with van der Waals surface area (Å²) in [4.78, 5) is 16.0. The predicted octanol–water partition coefficient (Wildman–Crippen LogP) is 6.01. The molecular weight excluding hydrogens is 484 g/mol. The number of hydrogen-bond acceptors (Lipinski definition) is 5. The molecule has 1 aliphatic heterocycles. The number of nitrogens with zero attached hydrogens (tertiary/aromatic N) is 2. The van der Waals surface area contributed by atoms with E-state index in [4.69, 9.17) is 9.15 Å². The number of furan rings is 1. The Morgan fingerprint density at radius 1 is 0.939 bits per heavy atom. The average molecular weight is 507 g/mol. The number of fused-ring (bicyclic) bond motifs is 1. The van der Waals surface area contributed by atoms with Crippen molar-refractivity contribution in [2.45, 2.75) is 6.54 Å².